The molecule has 0 aromatic heterocycles. The van der Waals surface area contributed by atoms with Crippen LogP contribution in [0.4, 0.5) is 0 Å². The highest BCUT2D eigenvalue weighted by Crippen LogP contribution is 1.99. The third-order valence-corrected chi connectivity index (χ3v) is 2.80. The van der Waals surface area contributed by atoms with Crippen LogP contribution in [0.25, 0.3) is 0 Å². The molecule has 3 N–H and O–H groups in total. The molecule has 142 valence electrons. The van der Waals surface area contributed by atoms with Gasteiger partial charge in [-0.25, -0.2) is 0 Å². The van der Waals surface area contributed by atoms with Crippen molar-refractivity contribution in [2.45, 2.75) is 53.2 Å². The Morgan fingerprint density at radius 3 is 2.42 bits per heavy atom. The molecule has 0 bridgehead atoms. The summed E-state index contributed by atoms with van der Waals surface area (Å²) in [5.74, 6) is 0.950. The molecule has 0 aliphatic rings. The number of hydrogen-bond acceptors (Lipinski definition) is 4. The van der Waals surface area contributed by atoms with Crippen LogP contribution in [-0.2, 0) is 9.53 Å². The van der Waals surface area contributed by atoms with E-state index in [4.69, 9.17) is 4.74 Å². The predicted octanol–water partition coefficient (Wildman–Crippen LogP) is 0.832. The van der Waals surface area contributed by atoms with E-state index < -0.39 is 6.10 Å². The molecule has 24 heavy (non-hydrogen) atoms. The number of aliphatic imine (C=N–C) groups is 1. The number of hydrogen-bond donors (Lipinski definition) is 3. The number of likely N-dealkylation sites (N-methyl/N-ethyl adjacent to an activating group) is 1. The van der Waals surface area contributed by atoms with Crippen LogP contribution in [0.15, 0.2) is 4.99 Å². The van der Waals surface area contributed by atoms with E-state index in [2.05, 4.69) is 29.5 Å². The minimum Gasteiger partial charge on any atom is -0.389 e. The Balaban J connectivity index is 4.51. The van der Waals surface area contributed by atoms with Crippen LogP contribution in [0.1, 0.15) is 41.5 Å². The molecule has 0 aromatic carbocycles. The third-order valence-electron chi connectivity index (χ3n) is 2.80. The lowest BCUT2D eigenvalue weighted by atomic mass is 10.1. The van der Waals surface area contributed by atoms with Crippen molar-refractivity contribution in [2.75, 3.05) is 39.9 Å². The number of carbonyl (C=O) groups is 1. The topological polar surface area (TPSA) is 86.2 Å². The molecule has 0 rings (SSSR count). The molecule has 0 fully saturated rings. The van der Waals surface area contributed by atoms with Gasteiger partial charge in [0.2, 0.25) is 5.91 Å². The third kappa shape index (κ3) is 12.1. The summed E-state index contributed by atoms with van der Waals surface area (Å²) in [5.41, 5.74) is -0.267. The Morgan fingerprint density at radius 2 is 1.92 bits per heavy atom. The van der Waals surface area contributed by atoms with Crippen LogP contribution in [0.2, 0.25) is 0 Å². The van der Waals surface area contributed by atoms with Gasteiger partial charge in [0, 0.05) is 25.7 Å². The van der Waals surface area contributed by atoms with Crippen molar-refractivity contribution in [2.24, 2.45) is 10.9 Å². The first kappa shape index (κ1) is 22.7. The lowest BCUT2D eigenvalue weighted by Gasteiger charge is -2.25. The molecule has 7 nitrogen and oxygen atoms in total. The van der Waals surface area contributed by atoms with Gasteiger partial charge in [-0.2, -0.15) is 0 Å². The molecule has 1 unspecified atom stereocenters. The van der Waals surface area contributed by atoms with Gasteiger partial charge in [0.25, 0.3) is 0 Å². The minimum absolute atomic E-state index is 0.0728. The quantitative estimate of drug-likeness (QED) is 0.426. The van der Waals surface area contributed by atoms with E-state index in [1.807, 2.05) is 27.7 Å². The zero-order valence-corrected chi connectivity index (χ0v) is 16.3. The van der Waals surface area contributed by atoms with Crippen molar-refractivity contribution in [3.8, 4) is 0 Å². The Morgan fingerprint density at radius 1 is 1.29 bits per heavy atom. The number of nitrogens with zero attached hydrogens (tertiary/aromatic N) is 2. The van der Waals surface area contributed by atoms with E-state index in [9.17, 15) is 9.90 Å². The Bertz CT molecular complexity index is 392. The van der Waals surface area contributed by atoms with Gasteiger partial charge >= 0.3 is 0 Å². The fraction of sp³-hybridized carbons (Fsp3) is 0.882. The van der Waals surface area contributed by atoms with Gasteiger partial charge in [0.1, 0.15) is 0 Å². The summed E-state index contributed by atoms with van der Waals surface area (Å²) in [7, 11) is 1.80. The fourth-order valence-electron chi connectivity index (χ4n) is 1.90. The highest BCUT2D eigenvalue weighted by atomic mass is 16.5. The number of amides is 1. The average molecular weight is 345 g/mol. The summed E-state index contributed by atoms with van der Waals surface area (Å²) in [6, 6.07) is 0. The predicted molar refractivity (Wildman–Crippen MR) is 98.2 cm³/mol. The Labute approximate surface area is 146 Å². The Hall–Kier alpha value is -1.34. The normalized spacial score (nSPS) is 13.8. The number of carbonyl (C=O) groups excluding carboxylic acids is 1. The standard InChI is InChI=1S/C17H36N4O3/c1-8-18-16(19-9-14(22)12-24-11-13(2)3)21(7)10-15(23)20-17(4,5)6/h13-14,22H,8-12H2,1-7H3,(H,18,19)(H,20,23). The number of guanidine groups is 1. The van der Waals surface area contributed by atoms with E-state index in [1.54, 1.807) is 11.9 Å². The van der Waals surface area contributed by atoms with Crippen LogP contribution in [0.5, 0.6) is 0 Å². The van der Waals surface area contributed by atoms with Gasteiger partial charge in [0.05, 0.1) is 25.8 Å². The summed E-state index contributed by atoms with van der Waals surface area (Å²) >= 11 is 0. The van der Waals surface area contributed by atoms with E-state index >= 15 is 0 Å². The molecule has 7 heteroatoms. The molecule has 0 radical (unpaired) electrons. The molecule has 0 aliphatic carbocycles. The maximum Gasteiger partial charge on any atom is 0.240 e. The highest BCUT2D eigenvalue weighted by molar-refractivity contribution is 5.86. The summed E-state index contributed by atoms with van der Waals surface area (Å²) < 4.78 is 5.41. The van der Waals surface area contributed by atoms with Gasteiger partial charge in [-0.1, -0.05) is 13.8 Å². The van der Waals surface area contributed by atoms with Crippen LogP contribution < -0.4 is 10.6 Å². The molecule has 0 aliphatic heterocycles. The smallest absolute Gasteiger partial charge is 0.240 e. The van der Waals surface area contributed by atoms with Crippen molar-refractivity contribution in [3.05, 3.63) is 0 Å². The summed E-state index contributed by atoms with van der Waals surface area (Å²) in [5, 5.41) is 16.0. The first-order chi connectivity index (χ1) is 11.0. The van der Waals surface area contributed by atoms with E-state index in [0.29, 0.717) is 25.0 Å². The maximum atomic E-state index is 12.0. The lowest BCUT2D eigenvalue weighted by molar-refractivity contribution is -0.122. The second-order valence-corrected chi connectivity index (χ2v) is 7.43. The van der Waals surface area contributed by atoms with Gasteiger partial charge in [-0.3, -0.25) is 9.79 Å². The molecule has 0 spiro atoms. The molecule has 0 heterocycles. The molecule has 1 amide bonds. The van der Waals surface area contributed by atoms with Crippen LogP contribution in [-0.4, -0.2) is 73.4 Å². The first-order valence-corrected chi connectivity index (χ1v) is 8.61. The molecular formula is C17H36N4O3. The van der Waals surface area contributed by atoms with Crippen LogP contribution in [0.3, 0.4) is 0 Å². The second kappa shape index (κ2) is 11.3. The van der Waals surface area contributed by atoms with Gasteiger partial charge in [-0.05, 0) is 33.6 Å². The molecule has 1 atom stereocenters. The monoisotopic (exact) mass is 344 g/mol. The van der Waals surface area contributed by atoms with E-state index in [-0.39, 0.29) is 31.1 Å². The minimum atomic E-state index is -0.658. The highest BCUT2D eigenvalue weighted by Gasteiger charge is 2.17. The largest absolute Gasteiger partial charge is 0.389 e. The maximum absolute atomic E-state index is 12.0. The van der Waals surface area contributed by atoms with E-state index in [0.717, 1.165) is 0 Å². The Kier molecular flexibility index (Phi) is 10.6. The SMILES string of the molecule is CCNC(=NCC(O)COCC(C)C)N(C)CC(=O)NC(C)(C)C. The van der Waals surface area contributed by atoms with Crippen molar-refractivity contribution in [1.82, 2.24) is 15.5 Å². The number of aliphatic hydroxyl groups is 1. The van der Waals surface area contributed by atoms with Gasteiger partial charge < -0.3 is 25.4 Å². The molecule has 0 saturated carbocycles. The second-order valence-electron chi connectivity index (χ2n) is 7.43. The van der Waals surface area contributed by atoms with Crippen LogP contribution >= 0.6 is 0 Å². The van der Waals surface area contributed by atoms with Crippen molar-refractivity contribution < 1.29 is 14.6 Å². The van der Waals surface area contributed by atoms with Crippen molar-refractivity contribution in [3.63, 3.8) is 0 Å². The summed E-state index contributed by atoms with van der Waals surface area (Å²) in [4.78, 5) is 18.1. The zero-order chi connectivity index (χ0) is 18.8. The number of rotatable bonds is 9. The van der Waals surface area contributed by atoms with Gasteiger partial charge in [-0.15, -0.1) is 0 Å². The number of aliphatic hydroxyl groups excluding tert-OH is 1. The molecular weight excluding hydrogens is 308 g/mol. The fourth-order valence-corrected chi connectivity index (χ4v) is 1.90. The lowest BCUT2D eigenvalue weighted by Crippen LogP contribution is -2.49. The number of ether oxygens (including phenoxy) is 1. The van der Waals surface area contributed by atoms with Crippen molar-refractivity contribution in [1.29, 1.82) is 0 Å². The van der Waals surface area contributed by atoms with Crippen LogP contribution in [0, 0.1) is 5.92 Å². The average Bonchev–Trinajstić information content (AvgIpc) is 2.40. The summed E-state index contributed by atoms with van der Waals surface area (Å²) in [6.07, 6.45) is -0.658. The zero-order valence-electron chi connectivity index (χ0n) is 16.3. The molecule has 0 saturated heterocycles. The number of nitrogens with one attached hydrogen (secondary N) is 2. The summed E-state index contributed by atoms with van der Waals surface area (Å²) in [6.45, 7) is 13.9. The molecule has 0 aromatic rings. The van der Waals surface area contributed by atoms with Crippen molar-refractivity contribution >= 4 is 11.9 Å². The van der Waals surface area contributed by atoms with Gasteiger partial charge in [0.15, 0.2) is 5.96 Å². The van der Waals surface area contributed by atoms with E-state index in [1.165, 1.54) is 0 Å². The first-order valence-electron chi connectivity index (χ1n) is 8.61.